The van der Waals surface area contributed by atoms with Gasteiger partial charge >= 0.3 is 0 Å². The van der Waals surface area contributed by atoms with Crippen molar-refractivity contribution in [1.82, 2.24) is 5.32 Å². The standard InChI is InChI=1S/C20H41NO3Si3/c1-16(2)21-15-20(24-27(9,10)11)17-12-13-18(22-25(3,4)5)19(14-17)23-26(6,7)8/h12-14,16,20-21H,15H2,1-11H3. The van der Waals surface area contributed by atoms with Gasteiger partial charge in [0.1, 0.15) is 11.5 Å². The molecule has 1 N–H and O–H groups in total. The molecule has 0 fully saturated rings. The van der Waals surface area contributed by atoms with Gasteiger partial charge in [0, 0.05) is 12.6 Å². The Labute approximate surface area is 170 Å². The second-order valence-electron chi connectivity index (χ2n) is 10.4. The zero-order valence-electron chi connectivity index (χ0n) is 19.3. The summed E-state index contributed by atoms with van der Waals surface area (Å²) in [6.45, 7) is 25.0. The molecule has 1 aromatic carbocycles. The third kappa shape index (κ3) is 10.5. The monoisotopic (exact) mass is 427 g/mol. The lowest BCUT2D eigenvalue weighted by molar-refractivity contribution is 0.190. The zero-order valence-corrected chi connectivity index (χ0v) is 22.3. The van der Waals surface area contributed by atoms with Gasteiger partial charge in [0.25, 0.3) is 0 Å². The molecule has 0 saturated heterocycles. The summed E-state index contributed by atoms with van der Waals surface area (Å²) in [4.78, 5) is 0. The van der Waals surface area contributed by atoms with Crippen LogP contribution in [0.3, 0.4) is 0 Å². The molecule has 156 valence electrons. The van der Waals surface area contributed by atoms with Crippen LogP contribution in [0, 0.1) is 0 Å². The molecule has 4 nitrogen and oxygen atoms in total. The van der Waals surface area contributed by atoms with Gasteiger partial charge in [0.15, 0.2) is 8.32 Å². The number of hydrogen-bond acceptors (Lipinski definition) is 4. The molecule has 0 bridgehead atoms. The third-order valence-electron chi connectivity index (χ3n) is 3.38. The predicted molar refractivity (Wildman–Crippen MR) is 125 cm³/mol. The smallest absolute Gasteiger partial charge is 0.242 e. The van der Waals surface area contributed by atoms with Crippen LogP contribution in [0.4, 0.5) is 0 Å². The van der Waals surface area contributed by atoms with Crippen molar-refractivity contribution in [3.05, 3.63) is 23.8 Å². The normalized spacial score (nSPS) is 14.4. The first-order valence-electron chi connectivity index (χ1n) is 9.99. The van der Waals surface area contributed by atoms with Crippen molar-refractivity contribution in [3.8, 4) is 11.5 Å². The molecule has 1 unspecified atom stereocenters. The topological polar surface area (TPSA) is 39.7 Å². The first-order valence-corrected chi connectivity index (χ1v) is 20.2. The minimum Gasteiger partial charge on any atom is -0.542 e. The Morgan fingerprint density at radius 1 is 0.778 bits per heavy atom. The van der Waals surface area contributed by atoms with E-state index >= 15 is 0 Å². The molecule has 0 heterocycles. The molecular weight excluding hydrogens is 386 g/mol. The van der Waals surface area contributed by atoms with Crippen LogP contribution >= 0.6 is 0 Å². The number of nitrogens with one attached hydrogen (secondary N) is 1. The molecule has 0 aromatic heterocycles. The summed E-state index contributed by atoms with van der Waals surface area (Å²) in [6, 6.07) is 6.77. The Kier molecular flexibility index (Phi) is 8.38. The maximum atomic E-state index is 6.50. The van der Waals surface area contributed by atoms with E-state index in [4.69, 9.17) is 13.3 Å². The van der Waals surface area contributed by atoms with E-state index in [0.29, 0.717) is 6.04 Å². The molecule has 0 radical (unpaired) electrons. The van der Waals surface area contributed by atoms with E-state index in [1.807, 2.05) is 0 Å². The summed E-state index contributed by atoms with van der Waals surface area (Å²) in [5.74, 6) is 1.73. The maximum absolute atomic E-state index is 6.50. The molecule has 1 atom stereocenters. The van der Waals surface area contributed by atoms with E-state index in [9.17, 15) is 0 Å². The molecular formula is C20H41NO3Si3. The lowest BCUT2D eigenvalue weighted by Crippen LogP contribution is -2.36. The number of hydrogen-bond donors (Lipinski definition) is 1. The van der Waals surface area contributed by atoms with Crippen LogP contribution in [-0.2, 0) is 4.43 Å². The summed E-state index contributed by atoms with van der Waals surface area (Å²) in [7, 11) is -5.16. The van der Waals surface area contributed by atoms with Gasteiger partial charge in [0.05, 0.1) is 6.10 Å². The van der Waals surface area contributed by atoms with Gasteiger partial charge in [-0.05, 0) is 76.6 Å². The van der Waals surface area contributed by atoms with Gasteiger partial charge in [-0.15, -0.1) is 0 Å². The van der Waals surface area contributed by atoms with Gasteiger partial charge in [-0.3, -0.25) is 0 Å². The van der Waals surface area contributed by atoms with Gasteiger partial charge < -0.3 is 18.6 Å². The second-order valence-corrected chi connectivity index (χ2v) is 23.7. The molecule has 0 aliphatic rings. The Bertz CT molecular complexity index is 602. The molecule has 0 spiro atoms. The van der Waals surface area contributed by atoms with Crippen molar-refractivity contribution in [3.63, 3.8) is 0 Å². The van der Waals surface area contributed by atoms with Crippen molar-refractivity contribution in [2.75, 3.05) is 6.54 Å². The highest BCUT2D eigenvalue weighted by molar-refractivity contribution is 6.71. The Morgan fingerprint density at radius 3 is 1.74 bits per heavy atom. The van der Waals surface area contributed by atoms with Gasteiger partial charge in [-0.2, -0.15) is 0 Å². The summed E-state index contributed by atoms with van der Waals surface area (Å²) in [6.07, 6.45) is 0.0176. The quantitative estimate of drug-likeness (QED) is 0.464. The average molecular weight is 428 g/mol. The molecule has 0 amide bonds. The first-order chi connectivity index (χ1) is 12.1. The molecule has 0 saturated carbocycles. The third-order valence-corrected chi connectivity index (χ3v) is 6.04. The Balaban J connectivity index is 3.27. The van der Waals surface area contributed by atoms with Gasteiger partial charge in [-0.1, -0.05) is 19.9 Å². The summed E-state index contributed by atoms with van der Waals surface area (Å²) >= 11 is 0. The lowest BCUT2D eigenvalue weighted by Gasteiger charge is -2.30. The fourth-order valence-electron chi connectivity index (χ4n) is 2.55. The Morgan fingerprint density at radius 2 is 1.30 bits per heavy atom. The molecule has 7 heteroatoms. The maximum Gasteiger partial charge on any atom is 0.242 e. The number of rotatable bonds is 10. The minimum atomic E-state index is -1.76. The summed E-state index contributed by atoms with van der Waals surface area (Å²) < 4.78 is 19.2. The van der Waals surface area contributed by atoms with Crippen molar-refractivity contribution in [2.24, 2.45) is 0 Å². The van der Waals surface area contributed by atoms with Crippen LogP contribution in [0.2, 0.25) is 58.9 Å². The van der Waals surface area contributed by atoms with Gasteiger partial charge in [-0.25, -0.2) is 0 Å². The molecule has 1 rings (SSSR count). The van der Waals surface area contributed by atoms with E-state index < -0.39 is 25.0 Å². The van der Waals surface area contributed by atoms with E-state index in [2.05, 4.69) is 96.3 Å². The summed E-state index contributed by atoms with van der Waals surface area (Å²) in [5.41, 5.74) is 1.15. The lowest BCUT2D eigenvalue weighted by atomic mass is 10.1. The molecule has 27 heavy (non-hydrogen) atoms. The fraction of sp³-hybridized carbons (Fsp3) is 0.700. The minimum absolute atomic E-state index is 0.0176. The number of benzene rings is 1. The van der Waals surface area contributed by atoms with E-state index in [1.54, 1.807) is 0 Å². The largest absolute Gasteiger partial charge is 0.542 e. The van der Waals surface area contributed by atoms with E-state index in [1.165, 1.54) is 0 Å². The highest BCUT2D eigenvalue weighted by atomic mass is 28.4. The fourth-order valence-corrected chi connectivity index (χ4v) is 5.27. The van der Waals surface area contributed by atoms with Crippen molar-refractivity contribution in [1.29, 1.82) is 0 Å². The van der Waals surface area contributed by atoms with Crippen LogP contribution < -0.4 is 14.2 Å². The predicted octanol–water partition coefficient (Wildman–Crippen LogP) is 6.00. The molecule has 0 aliphatic heterocycles. The van der Waals surface area contributed by atoms with Crippen molar-refractivity contribution >= 4 is 25.0 Å². The van der Waals surface area contributed by atoms with Crippen LogP contribution in [0.5, 0.6) is 11.5 Å². The van der Waals surface area contributed by atoms with Crippen molar-refractivity contribution in [2.45, 2.75) is 84.9 Å². The highest BCUT2D eigenvalue weighted by Crippen LogP contribution is 2.35. The van der Waals surface area contributed by atoms with Crippen LogP contribution in [0.1, 0.15) is 25.5 Å². The van der Waals surface area contributed by atoms with Crippen LogP contribution in [0.25, 0.3) is 0 Å². The Hall–Kier alpha value is -0.609. The zero-order chi connectivity index (χ0) is 21.0. The second kappa shape index (κ2) is 9.26. The van der Waals surface area contributed by atoms with Crippen LogP contribution in [0.15, 0.2) is 18.2 Å². The van der Waals surface area contributed by atoms with Gasteiger partial charge in [0.2, 0.25) is 16.6 Å². The van der Waals surface area contributed by atoms with Crippen LogP contribution in [-0.4, -0.2) is 37.5 Å². The van der Waals surface area contributed by atoms with E-state index in [-0.39, 0.29) is 6.10 Å². The SMILES string of the molecule is CC(C)NCC(O[Si](C)(C)C)c1ccc(O[Si](C)(C)C)c(O[Si](C)(C)C)c1. The molecule has 0 aliphatic carbocycles. The average Bonchev–Trinajstić information content (AvgIpc) is 2.41. The van der Waals surface area contributed by atoms with E-state index in [0.717, 1.165) is 23.6 Å². The van der Waals surface area contributed by atoms with Crippen molar-refractivity contribution < 1.29 is 13.3 Å². The highest BCUT2D eigenvalue weighted by Gasteiger charge is 2.26. The molecule has 1 aromatic rings. The first kappa shape index (κ1) is 24.4. The summed E-state index contributed by atoms with van der Waals surface area (Å²) in [5, 5.41) is 3.53.